The van der Waals surface area contributed by atoms with Crippen molar-refractivity contribution in [3.63, 3.8) is 0 Å². The number of nitriles is 1. The van der Waals surface area contributed by atoms with E-state index in [1.807, 2.05) is 6.92 Å². The summed E-state index contributed by atoms with van der Waals surface area (Å²) < 4.78 is 0. The Bertz CT molecular complexity index is 440. The molecule has 0 aliphatic carbocycles. The molecule has 0 aliphatic heterocycles. The predicted molar refractivity (Wildman–Crippen MR) is 70.8 cm³/mol. The first kappa shape index (κ1) is 14.4. The van der Waals surface area contributed by atoms with Gasteiger partial charge < -0.3 is 0 Å². The predicted octanol–water partition coefficient (Wildman–Crippen LogP) is 3.33. The Morgan fingerprint density at radius 3 is 2.56 bits per heavy atom. The lowest BCUT2D eigenvalue weighted by Gasteiger charge is -2.27. The van der Waals surface area contributed by atoms with Crippen LogP contribution in [0.4, 0.5) is 0 Å². The van der Waals surface area contributed by atoms with Gasteiger partial charge in [-0.25, -0.2) is 0 Å². The highest BCUT2D eigenvalue weighted by atomic mass is 16.1. The molecule has 18 heavy (non-hydrogen) atoms. The lowest BCUT2D eigenvalue weighted by Crippen LogP contribution is -2.23. The van der Waals surface area contributed by atoms with Crippen LogP contribution in [0, 0.1) is 22.7 Å². The van der Waals surface area contributed by atoms with Crippen molar-refractivity contribution in [1.29, 1.82) is 5.26 Å². The van der Waals surface area contributed by atoms with Gasteiger partial charge in [0, 0.05) is 12.6 Å². The number of hydrogen-bond donors (Lipinski definition) is 0. The van der Waals surface area contributed by atoms with Crippen molar-refractivity contribution in [2.24, 2.45) is 11.3 Å². The first-order valence-corrected chi connectivity index (χ1v) is 6.19. The quantitative estimate of drug-likeness (QED) is 0.816. The Morgan fingerprint density at radius 1 is 1.44 bits per heavy atom. The molecule has 0 spiro atoms. The summed E-state index contributed by atoms with van der Waals surface area (Å²) in [6.07, 6.45) is 2.03. The van der Waals surface area contributed by atoms with E-state index in [0.29, 0.717) is 12.1 Å². The Balaban J connectivity index is 2.80. The third-order valence-corrected chi connectivity index (χ3v) is 3.42. The summed E-state index contributed by atoms with van der Waals surface area (Å²) in [5.74, 6) is -0.542. The lowest BCUT2D eigenvalue weighted by molar-refractivity contribution is -0.121. The fourth-order valence-corrected chi connectivity index (χ4v) is 1.58. The average molecular weight is 244 g/mol. The molecule has 0 saturated carbocycles. The second kappa shape index (κ2) is 5.77. The minimum atomic E-state index is -0.740. The number of nitrogens with zero attached hydrogens (tertiary/aromatic N) is 2. The summed E-state index contributed by atoms with van der Waals surface area (Å²) in [6.45, 7) is 8.36. The molecule has 3 nitrogen and oxygen atoms in total. The van der Waals surface area contributed by atoms with Gasteiger partial charge in [0.05, 0.1) is 11.8 Å². The van der Waals surface area contributed by atoms with Crippen LogP contribution in [-0.4, -0.2) is 10.8 Å². The Labute approximate surface area is 109 Å². The summed E-state index contributed by atoms with van der Waals surface area (Å²) in [4.78, 5) is 16.3. The Morgan fingerprint density at radius 2 is 2.11 bits per heavy atom. The largest absolute Gasteiger partial charge is 0.298 e. The maximum Gasteiger partial charge on any atom is 0.156 e. The second-order valence-electron chi connectivity index (χ2n) is 5.75. The third-order valence-electron chi connectivity index (χ3n) is 3.42. The molecule has 0 aliphatic rings. The van der Waals surface area contributed by atoms with Crippen LogP contribution in [0.3, 0.4) is 0 Å². The van der Waals surface area contributed by atoms with Gasteiger partial charge in [-0.1, -0.05) is 33.8 Å². The van der Waals surface area contributed by atoms with Crippen LogP contribution in [0.25, 0.3) is 0 Å². The number of pyridine rings is 1. The monoisotopic (exact) mass is 244 g/mol. The van der Waals surface area contributed by atoms with Crippen LogP contribution in [0.15, 0.2) is 24.4 Å². The van der Waals surface area contributed by atoms with E-state index in [-0.39, 0.29) is 17.1 Å². The maximum absolute atomic E-state index is 12.2. The molecular weight excluding hydrogens is 224 g/mol. The number of Topliss-reactive ketones (excluding diaryl/α,β-unsaturated/α-hetero) is 1. The molecule has 3 heteroatoms. The molecule has 2 atom stereocenters. The number of hydrogen-bond acceptors (Lipinski definition) is 3. The van der Waals surface area contributed by atoms with Gasteiger partial charge in [-0.3, -0.25) is 9.78 Å². The zero-order valence-electron chi connectivity index (χ0n) is 11.5. The smallest absolute Gasteiger partial charge is 0.156 e. The molecular formula is C15H20N2O. The van der Waals surface area contributed by atoms with Gasteiger partial charge in [0.25, 0.3) is 0 Å². The second-order valence-corrected chi connectivity index (χ2v) is 5.75. The molecule has 0 bridgehead atoms. The van der Waals surface area contributed by atoms with Crippen molar-refractivity contribution in [1.82, 2.24) is 4.98 Å². The van der Waals surface area contributed by atoms with E-state index in [2.05, 4.69) is 31.8 Å². The van der Waals surface area contributed by atoms with Crippen LogP contribution in [0.5, 0.6) is 0 Å². The van der Waals surface area contributed by atoms with E-state index < -0.39 is 5.92 Å². The highest BCUT2D eigenvalue weighted by Gasteiger charge is 2.27. The number of rotatable bonds is 4. The third kappa shape index (κ3) is 3.66. The Kier molecular flexibility index (Phi) is 4.61. The minimum absolute atomic E-state index is 0.0429. The number of carbonyl (C=O) groups is 1. The molecule has 1 rings (SSSR count). The zero-order chi connectivity index (χ0) is 13.8. The van der Waals surface area contributed by atoms with Gasteiger partial charge in [-0.05, 0) is 23.5 Å². The molecule has 0 N–H and O–H groups in total. The summed E-state index contributed by atoms with van der Waals surface area (Å²) in [5, 5.41) is 9.15. The van der Waals surface area contributed by atoms with Crippen molar-refractivity contribution in [2.75, 3.05) is 0 Å². The van der Waals surface area contributed by atoms with Crippen LogP contribution >= 0.6 is 0 Å². The van der Waals surface area contributed by atoms with E-state index in [0.717, 1.165) is 0 Å². The van der Waals surface area contributed by atoms with Crippen LogP contribution < -0.4 is 0 Å². The first-order chi connectivity index (χ1) is 8.36. The molecule has 0 aromatic carbocycles. The average Bonchev–Trinajstić information content (AvgIpc) is 2.30. The topological polar surface area (TPSA) is 53.8 Å². The van der Waals surface area contributed by atoms with E-state index in [1.165, 1.54) is 0 Å². The van der Waals surface area contributed by atoms with Crippen LogP contribution in [0.1, 0.15) is 45.7 Å². The highest BCUT2D eigenvalue weighted by Crippen LogP contribution is 2.30. The normalized spacial score (nSPS) is 14.6. The van der Waals surface area contributed by atoms with Gasteiger partial charge >= 0.3 is 0 Å². The van der Waals surface area contributed by atoms with Crippen LogP contribution in [0.2, 0.25) is 0 Å². The Hall–Kier alpha value is -1.69. The first-order valence-electron chi connectivity index (χ1n) is 6.19. The van der Waals surface area contributed by atoms with E-state index >= 15 is 0 Å². The van der Waals surface area contributed by atoms with Crippen molar-refractivity contribution < 1.29 is 4.79 Å². The van der Waals surface area contributed by atoms with E-state index in [4.69, 9.17) is 5.26 Å². The molecule has 1 aromatic heterocycles. The zero-order valence-corrected chi connectivity index (χ0v) is 11.5. The van der Waals surface area contributed by atoms with Crippen molar-refractivity contribution in [3.05, 3.63) is 30.1 Å². The number of ketones is 1. The highest BCUT2D eigenvalue weighted by molar-refractivity contribution is 5.88. The fourth-order valence-electron chi connectivity index (χ4n) is 1.58. The van der Waals surface area contributed by atoms with Crippen LogP contribution in [-0.2, 0) is 4.79 Å². The molecule has 0 radical (unpaired) electrons. The standard InChI is InChI=1S/C15H20N2O/c1-11(15(2,3)4)9-14(18)12(10-16)13-7-5-6-8-17-13/h5-8,11-12H,9H2,1-4H3. The summed E-state index contributed by atoms with van der Waals surface area (Å²) >= 11 is 0. The molecule has 0 fully saturated rings. The van der Waals surface area contributed by atoms with E-state index in [1.54, 1.807) is 24.4 Å². The van der Waals surface area contributed by atoms with Crippen molar-refractivity contribution in [3.8, 4) is 6.07 Å². The SMILES string of the molecule is CC(CC(=O)C(C#N)c1ccccn1)C(C)(C)C. The number of aromatic nitrogens is 1. The summed E-state index contributed by atoms with van der Waals surface area (Å²) in [6, 6.07) is 7.37. The van der Waals surface area contributed by atoms with Crippen molar-refractivity contribution in [2.45, 2.75) is 40.0 Å². The summed E-state index contributed by atoms with van der Waals surface area (Å²) in [7, 11) is 0. The van der Waals surface area contributed by atoms with Gasteiger partial charge in [0.2, 0.25) is 0 Å². The number of carbonyl (C=O) groups excluding carboxylic acids is 1. The maximum atomic E-state index is 12.2. The molecule has 0 saturated heterocycles. The molecule has 1 aromatic rings. The molecule has 1 heterocycles. The fraction of sp³-hybridized carbons (Fsp3) is 0.533. The van der Waals surface area contributed by atoms with Gasteiger partial charge in [-0.15, -0.1) is 0 Å². The van der Waals surface area contributed by atoms with E-state index in [9.17, 15) is 4.79 Å². The molecule has 96 valence electrons. The van der Waals surface area contributed by atoms with Gasteiger partial charge in [0.1, 0.15) is 5.92 Å². The minimum Gasteiger partial charge on any atom is -0.298 e. The van der Waals surface area contributed by atoms with Gasteiger partial charge in [0.15, 0.2) is 5.78 Å². The van der Waals surface area contributed by atoms with Crippen molar-refractivity contribution >= 4 is 5.78 Å². The summed E-state index contributed by atoms with van der Waals surface area (Å²) in [5.41, 5.74) is 0.617. The van der Waals surface area contributed by atoms with Gasteiger partial charge in [-0.2, -0.15) is 5.26 Å². The molecule has 0 amide bonds. The molecule has 2 unspecified atom stereocenters. The lowest BCUT2D eigenvalue weighted by atomic mass is 9.77.